The summed E-state index contributed by atoms with van der Waals surface area (Å²) in [7, 11) is 0. The summed E-state index contributed by atoms with van der Waals surface area (Å²) in [6, 6.07) is 6.10. The van der Waals surface area contributed by atoms with Crippen LogP contribution in [0.2, 0.25) is 0 Å². The zero-order valence-corrected chi connectivity index (χ0v) is 18.6. The van der Waals surface area contributed by atoms with Crippen LogP contribution in [0.15, 0.2) is 23.2 Å². The van der Waals surface area contributed by atoms with Crippen LogP contribution in [0.1, 0.15) is 44.7 Å². The Morgan fingerprint density at radius 1 is 1.27 bits per heavy atom. The van der Waals surface area contributed by atoms with Gasteiger partial charge in [-0.2, -0.15) is 0 Å². The number of carbonyl (C=O) groups is 1. The van der Waals surface area contributed by atoms with Crippen molar-refractivity contribution in [2.24, 2.45) is 16.6 Å². The summed E-state index contributed by atoms with van der Waals surface area (Å²) in [6.45, 7) is 10.1. The SMILES string of the molecule is Cc1cc(C)cc(NC(N)=NCC(NC(=O)OC(C)(C)C)C2CC2)c1.I. The normalized spacial score (nSPS) is 15.7. The van der Waals surface area contributed by atoms with Gasteiger partial charge < -0.3 is 21.1 Å². The number of aliphatic imine (C=N–C) groups is 1. The van der Waals surface area contributed by atoms with Crippen LogP contribution < -0.4 is 16.4 Å². The van der Waals surface area contributed by atoms with Gasteiger partial charge in [0.05, 0.1) is 12.6 Å². The standard InChI is InChI=1S/C19H30N4O2.HI/c1-12-8-13(2)10-15(9-12)22-17(20)21-11-16(14-6-7-14)23-18(24)25-19(3,4)5;/h8-10,14,16H,6-7,11H2,1-5H3,(H,23,24)(H3,20,21,22);1H. The minimum atomic E-state index is -0.509. The Morgan fingerprint density at radius 2 is 1.85 bits per heavy atom. The number of anilines is 1. The number of hydrogen-bond acceptors (Lipinski definition) is 3. The number of carbonyl (C=O) groups excluding carboxylic acids is 1. The number of rotatable bonds is 5. The molecule has 1 aromatic rings. The maximum atomic E-state index is 12.0. The zero-order valence-electron chi connectivity index (χ0n) is 16.3. The van der Waals surface area contributed by atoms with Crippen molar-refractivity contribution in [2.45, 2.75) is 59.1 Å². The number of amides is 1. The van der Waals surface area contributed by atoms with Crippen molar-refractivity contribution in [3.05, 3.63) is 29.3 Å². The number of hydrogen-bond donors (Lipinski definition) is 3. The van der Waals surface area contributed by atoms with Crippen molar-refractivity contribution in [3.8, 4) is 0 Å². The quantitative estimate of drug-likeness (QED) is 0.343. The number of aryl methyl sites for hydroxylation is 2. The number of benzene rings is 1. The summed E-state index contributed by atoms with van der Waals surface area (Å²) >= 11 is 0. The van der Waals surface area contributed by atoms with E-state index in [0.29, 0.717) is 18.4 Å². The summed E-state index contributed by atoms with van der Waals surface area (Å²) in [5.74, 6) is 0.798. The van der Waals surface area contributed by atoms with E-state index in [-0.39, 0.29) is 30.0 Å². The van der Waals surface area contributed by atoms with E-state index >= 15 is 0 Å². The molecule has 2 rings (SSSR count). The zero-order chi connectivity index (χ0) is 18.6. The lowest BCUT2D eigenvalue weighted by molar-refractivity contribution is 0.0500. The largest absolute Gasteiger partial charge is 0.444 e. The number of halogens is 1. The van der Waals surface area contributed by atoms with E-state index in [1.165, 1.54) is 0 Å². The molecule has 1 fully saturated rings. The van der Waals surface area contributed by atoms with Crippen LogP contribution in [-0.4, -0.2) is 30.2 Å². The van der Waals surface area contributed by atoms with Crippen LogP contribution in [0, 0.1) is 19.8 Å². The van der Waals surface area contributed by atoms with Gasteiger partial charge in [0.15, 0.2) is 5.96 Å². The first-order valence-corrected chi connectivity index (χ1v) is 8.77. The first-order valence-electron chi connectivity index (χ1n) is 8.77. The number of alkyl carbamates (subject to hydrolysis) is 1. The second-order valence-electron chi connectivity index (χ2n) is 7.82. The van der Waals surface area contributed by atoms with E-state index < -0.39 is 11.7 Å². The minimum absolute atomic E-state index is 0. The summed E-state index contributed by atoms with van der Waals surface area (Å²) in [5, 5.41) is 6.03. The monoisotopic (exact) mass is 474 g/mol. The number of guanidine groups is 1. The van der Waals surface area contributed by atoms with E-state index in [1.54, 1.807) is 0 Å². The molecule has 0 saturated heterocycles. The Hall–Kier alpha value is -1.51. The second-order valence-corrected chi connectivity index (χ2v) is 7.82. The lowest BCUT2D eigenvalue weighted by Gasteiger charge is -2.23. The predicted octanol–water partition coefficient (Wildman–Crippen LogP) is 3.95. The van der Waals surface area contributed by atoms with Gasteiger partial charge in [0.2, 0.25) is 0 Å². The molecule has 0 radical (unpaired) electrons. The average Bonchev–Trinajstić information content (AvgIpc) is 3.24. The number of ether oxygens (including phenoxy) is 1. The maximum Gasteiger partial charge on any atom is 0.407 e. The van der Waals surface area contributed by atoms with Gasteiger partial charge in [-0.1, -0.05) is 6.07 Å². The molecular weight excluding hydrogens is 443 g/mol. The van der Waals surface area contributed by atoms with Crippen LogP contribution >= 0.6 is 24.0 Å². The van der Waals surface area contributed by atoms with Gasteiger partial charge in [-0.3, -0.25) is 4.99 Å². The molecule has 1 unspecified atom stereocenters. The van der Waals surface area contributed by atoms with Crippen molar-refractivity contribution in [1.29, 1.82) is 0 Å². The van der Waals surface area contributed by atoms with E-state index in [2.05, 4.69) is 21.7 Å². The second kappa shape index (κ2) is 9.43. The molecule has 1 aliphatic carbocycles. The molecule has 0 heterocycles. The summed E-state index contributed by atoms with van der Waals surface area (Å²) in [6.07, 6.45) is 1.79. The van der Waals surface area contributed by atoms with Crippen molar-refractivity contribution in [2.75, 3.05) is 11.9 Å². The summed E-state index contributed by atoms with van der Waals surface area (Å²) in [4.78, 5) is 16.4. The highest BCUT2D eigenvalue weighted by Gasteiger charge is 2.33. The fourth-order valence-electron chi connectivity index (χ4n) is 2.70. The summed E-state index contributed by atoms with van der Waals surface area (Å²) in [5.41, 5.74) is 8.74. The van der Waals surface area contributed by atoms with Gasteiger partial charge in [0.1, 0.15) is 5.60 Å². The molecule has 1 aromatic carbocycles. The smallest absolute Gasteiger partial charge is 0.407 e. The highest BCUT2D eigenvalue weighted by atomic mass is 127. The fraction of sp³-hybridized carbons (Fsp3) is 0.579. The number of nitrogens with two attached hydrogens (primary N) is 1. The van der Waals surface area contributed by atoms with E-state index in [9.17, 15) is 4.79 Å². The number of nitrogens with one attached hydrogen (secondary N) is 2. The van der Waals surface area contributed by atoms with Crippen LogP contribution in [0.4, 0.5) is 10.5 Å². The van der Waals surface area contributed by atoms with Crippen LogP contribution in [0.25, 0.3) is 0 Å². The van der Waals surface area contributed by atoms with Crippen molar-refractivity contribution >= 4 is 41.7 Å². The van der Waals surface area contributed by atoms with Crippen LogP contribution in [0.3, 0.4) is 0 Å². The lowest BCUT2D eigenvalue weighted by atomic mass is 10.1. The lowest BCUT2D eigenvalue weighted by Crippen LogP contribution is -2.42. The third kappa shape index (κ3) is 8.25. The molecule has 0 bridgehead atoms. The highest BCUT2D eigenvalue weighted by Crippen LogP contribution is 2.33. The molecule has 1 amide bonds. The fourth-order valence-corrected chi connectivity index (χ4v) is 2.70. The Balaban J connectivity index is 0.00000338. The first-order chi connectivity index (χ1) is 11.6. The molecule has 0 spiro atoms. The van der Waals surface area contributed by atoms with Gasteiger partial charge in [-0.25, -0.2) is 4.79 Å². The van der Waals surface area contributed by atoms with E-state index in [4.69, 9.17) is 10.5 Å². The molecule has 4 N–H and O–H groups in total. The number of nitrogens with zero attached hydrogens (tertiary/aromatic N) is 1. The van der Waals surface area contributed by atoms with Gasteiger partial charge in [0, 0.05) is 5.69 Å². The Kier molecular flexibility index (Phi) is 8.17. The predicted molar refractivity (Wildman–Crippen MR) is 117 cm³/mol. The minimum Gasteiger partial charge on any atom is -0.444 e. The molecule has 146 valence electrons. The third-order valence-electron chi connectivity index (χ3n) is 3.85. The van der Waals surface area contributed by atoms with Crippen molar-refractivity contribution in [1.82, 2.24) is 5.32 Å². The van der Waals surface area contributed by atoms with Gasteiger partial charge in [-0.05, 0) is 76.6 Å². The molecule has 1 aliphatic rings. The van der Waals surface area contributed by atoms with Gasteiger partial charge in [0.25, 0.3) is 0 Å². The van der Waals surface area contributed by atoms with Crippen LogP contribution in [0.5, 0.6) is 0 Å². The molecule has 6 nitrogen and oxygen atoms in total. The van der Waals surface area contributed by atoms with E-state index in [1.807, 2.05) is 46.8 Å². The molecule has 26 heavy (non-hydrogen) atoms. The molecule has 1 saturated carbocycles. The molecule has 0 aromatic heterocycles. The van der Waals surface area contributed by atoms with Crippen LogP contribution in [-0.2, 0) is 4.74 Å². The van der Waals surface area contributed by atoms with Gasteiger partial charge >= 0.3 is 6.09 Å². The first kappa shape index (κ1) is 22.5. The van der Waals surface area contributed by atoms with Crippen molar-refractivity contribution < 1.29 is 9.53 Å². The Bertz CT molecular complexity index is 631. The molecular formula is C19H31IN4O2. The molecule has 0 aliphatic heterocycles. The van der Waals surface area contributed by atoms with E-state index in [0.717, 1.165) is 29.7 Å². The average molecular weight is 474 g/mol. The highest BCUT2D eigenvalue weighted by molar-refractivity contribution is 14.0. The maximum absolute atomic E-state index is 12.0. The Morgan fingerprint density at radius 3 is 2.35 bits per heavy atom. The topological polar surface area (TPSA) is 88.7 Å². The van der Waals surface area contributed by atoms with Gasteiger partial charge in [-0.15, -0.1) is 24.0 Å². The Labute approximate surface area is 173 Å². The molecule has 1 atom stereocenters. The summed E-state index contributed by atoms with van der Waals surface area (Å²) < 4.78 is 5.33. The third-order valence-corrected chi connectivity index (χ3v) is 3.85. The molecule has 7 heteroatoms. The van der Waals surface area contributed by atoms with Crippen molar-refractivity contribution in [3.63, 3.8) is 0 Å².